The molecule has 0 saturated heterocycles. The van der Waals surface area contributed by atoms with Gasteiger partial charge in [-0.05, 0) is 46.2 Å². The number of hydrogen-bond donors (Lipinski definition) is 0. The van der Waals surface area contributed by atoms with Crippen molar-refractivity contribution >= 4 is 27.4 Å². The molecule has 0 atom stereocenters. The van der Waals surface area contributed by atoms with Gasteiger partial charge >= 0.3 is 0 Å². The summed E-state index contributed by atoms with van der Waals surface area (Å²) in [5, 5.41) is 4.20. The first-order valence-corrected chi connectivity index (χ1v) is 11.6. The molecular formula is C21H27N3O6S. The Morgan fingerprint density at radius 1 is 1.29 bits per heavy atom. The zero-order chi connectivity index (χ0) is 23.3. The summed E-state index contributed by atoms with van der Waals surface area (Å²) in [6, 6.07) is 3.19. The molecular weight excluding hydrogens is 422 g/mol. The van der Waals surface area contributed by atoms with Crippen LogP contribution < -0.4 is 13.8 Å². The molecule has 0 bridgehead atoms. The molecule has 10 heteroatoms. The van der Waals surface area contributed by atoms with E-state index in [0.29, 0.717) is 34.0 Å². The van der Waals surface area contributed by atoms with Crippen LogP contribution in [0.2, 0.25) is 0 Å². The van der Waals surface area contributed by atoms with E-state index in [1.807, 2.05) is 13.8 Å². The lowest BCUT2D eigenvalue weighted by molar-refractivity contribution is -0.119. The second-order valence-electron chi connectivity index (χ2n) is 8.43. The number of ketones is 1. The number of amides is 1. The van der Waals surface area contributed by atoms with E-state index in [-0.39, 0.29) is 17.9 Å². The third-order valence-corrected chi connectivity index (χ3v) is 6.17. The van der Waals surface area contributed by atoms with Gasteiger partial charge < -0.3 is 9.47 Å². The quantitative estimate of drug-likeness (QED) is 0.690. The van der Waals surface area contributed by atoms with Gasteiger partial charge in [0.15, 0.2) is 12.4 Å². The normalized spacial score (nSPS) is 15.3. The molecule has 1 aromatic heterocycles. The second-order valence-corrected chi connectivity index (χ2v) is 10.3. The average Bonchev–Trinajstić information content (AvgIpc) is 2.83. The zero-order valence-corrected chi connectivity index (χ0v) is 19.6. The number of anilines is 1. The van der Waals surface area contributed by atoms with Gasteiger partial charge in [-0.2, -0.15) is 5.10 Å². The summed E-state index contributed by atoms with van der Waals surface area (Å²) in [6.07, 6.45) is 1.23. The van der Waals surface area contributed by atoms with Gasteiger partial charge in [0, 0.05) is 13.1 Å². The van der Waals surface area contributed by atoms with Gasteiger partial charge in [0.1, 0.15) is 22.8 Å². The summed E-state index contributed by atoms with van der Waals surface area (Å²) in [6.45, 7) is 8.21. The van der Waals surface area contributed by atoms with E-state index in [0.717, 1.165) is 10.6 Å². The van der Waals surface area contributed by atoms with Gasteiger partial charge in [-0.3, -0.25) is 14.3 Å². The van der Waals surface area contributed by atoms with Crippen molar-refractivity contribution in [2.45, 2.75) is 46.6 Å². The number of Topliss-reactive ketones (excluding diaryl/α,β-unsaturated/α-hetero) is 1. The smallest absolute Gasteiger partial charge is 0.278 e. The van der Waals surface area contributed by atoms with Crippen molar-refractivity contribution in [3.8, 4) is 11.5 Å². The van der Waals surface area contributed by atoms with Crippen LogP contribution in [0.25, 0.3) is 0 Å². The number of carbonyl (C=O) groups excluding carboxylic acids is 2. The Bertz CT molecular complexity index is 1180. The SMILES string of the molecule is Cc1cc(OCC(=O)N(c2c(C)nn(C)c2C)S(C)(=O)=O)cc2c1C(=O)CC(C)(C)O2. The minimum absolute atomic E-state index is 0.0165. The minimum Gasteiger partial charge on any atom is -0.486 e. The molecule has 0 N–H and O–H groups in total. The fourth-order valence-corrected chi connectivity index (χ4v) is 4.81. The molecule has 0 radical (unpaired) electrons. The van der Waals surface area contributed by atoms with E-state index in [1.165, 1.54) is 4.68 Å². The molecule has 168 valence electrons. The van der Waals surface area contributed by atoms with Crippen molar-refractivity contribution < 1.29 is 27.5 Å². The molecule has 2 heterocycles. The lowest BCUT2D eigenvalue weighted by Crippen LogP contribution is -2.40. The lowest BCUT2D eigenvalue weighted by atomic mass is 9.90. The van der Waals surface area contributed by atoms with E-state index < -0.39 is 28.1 Å². The van der Waals surface area contributed by atoms with E-state index in [1.54, 1.807) is 40.0 Å². The Hall–Kier alpha value is -2.88. The molecule has 2 aromatic rings. The Morgan fingerprint density at radius 3 is 2.48 bits per heavy atom. The van der Waals surface area contributed by atoms with Crippen LogP contribution in [-0.2, 0) is 21.9 Å². The lowest BCUT2D eigenvalue weighted by Gasteiger charge is -2.32. The monoisotopic (exact) mass is 449 g/mol. The topological polar surface area (TPSA) is 108 Å². The Morgan fingerprint density at radius 2 is 1.94 bits per heavy atom. The molecule has 1 aliphatic rings. The fraction of sp³-hybridized carbons (Fsp3) is 0.476. The Balaban J connectivity index is 1.89. The summed E-state index contributed by atoms with van der Waals surface area (Å²) in [5.41, 5.74) is 1.69. The van der Waals surface area contributed by atoms with Crippen LogP contribution in [0.3, 0.4) is 0 Å². The van der Waals surface area contributed by atoms with Gasteiger partial charge in [0.25, 0.3) is 5.91 Å². The third-order valence-electron chi connectivity index (χ3n) is 5.12. The van der Waals surface area contributed by atoms with Crippen molar-refractivity contribution in [1.82, 2.24) is 9.78 Å². The maximum absolute atomic E-state index is 12.9. The van der Waals surface area contributed by atoms with E-state index in [4.69, 9.17) is 9.47 Å². The minimum atomic E-state index is -3.92. The van der Waals surface area contributed by atoms with Crippen LogP contribution in [0.15, 0.2) is 12.1 Å². The molecule has 0 saturated carbocycles. The van der Waals surface area contributed by atoms with Gasteiger partial charge in [-0.25, -0.2) is 12.7 Å². The first-order valence-electron chi connectivity index (χ1n) is 9.74. The third kappa shape index (κ3) is 4.43. The number of nitrogens with zero attached hydrogens (tertiary/aromatic N) is 3. The van der Waals surface area contributed by atoms with Crippen LogP contribution in [0.5, 0.6) is 11.5 Å². The fourth-order valence-electron chi connectivity index (χ4n) is 3.79. The Labute approximate surface area is 182 Å². The molecule has 1 aliphatic heterocycles. The molecule has 31 heavy (non-hydrogen) atoms. The van der Waals surface area contributed by atoms with Gasteiger partial charge in [-0.15, -0.1) is 0 Å². The molecule has 0 fully saturated rings. The second kappa shape index (κ2) is 7.67. The van der Waals surface area contributed by atoms with Crippen molar-refractivity contribution in [3.05, 3.63) is 34.6 Å². The number of ether oxygens (including phenoxy) is 2. The predicted octanol–water partition coefficient (Wildman–Crippen LogP) is 2.46. The number of fused-ring (bicyclic) bond motifs is 1. The van der Waals surface area contributed by atoms with Crippen LogP contribution in [0.4, 0.5) is 5.69 Å². The number of aromatic nitrogens is 2. The first-order chi connectivity index (χ1) is 14.2. The van der Waals surface area contributed by atoms with Crippen molar-refractivity contribution in [2.75, 3.05) is 17.2 Å². The molecule has 0 unspecified atom stereocenters. The van der Waals surface area contributed by atoms with Gasteiger partial charge in [0.2, 0.25) is 10.0 Å². The summed E-state index contributed by atoms with van der Waals surface area (Å²) in [7, 11) is -2.24. The highest BCUT2D eigenvalue weighted by atomic mass is 32.2. The summed E-state index contributed by atoms with van der Waals surface area (Å²) in [4.78, 5) is 25.4. The van der Waals surface area contributed by atoms with Gasteiger partial charge in [0.05, 0.1) is 29.6 Å². The van der Waals surface area contributed by atoms with Crippen molar-refractivity contribution in [3.63, 3.8) is 0 Å². The van der Waals surface area contributed by atoms with E-state index in [9.17, 15) is 18.0 Å². The molecule has 1 amide bonds. The zero-order valence-electron chi connectivity index (χ0n) is 18.8. The standard InChI is InChI=1S/C21H27N3O6S/c1-12-8-15(9-17-19(12)16(25)10-21(4,5)30-17)29-11-18(26)24(31(7,27)28)20-13(2)22-23(6)14(20)3/h8-9H,10-11H2,1-7H3. The van der Waals surface area contributed by atoms with Crippen molar-refractivity contribution in [2.24, 2.45) is 7.05 Å². The van der Waals surface area contributed by atoms with E-state index >= 15 is 0 Å². The number of carbonyl (C=O) groups is 2. The highest BCUT2D eigenvalue weighted by molar-refractivity contribution is 7.92. The van der Waals surface area contributed by atoms with Crippen LogP contribution in [-0.4, -0.2) is 48.4 Å². The van der Waals surface area contributed by atoms with Crippen LogP contribution in [0, 0.1) is 20.8 Å². The predicted molar refractivity (Wildman–Crippen MR) is 115 cm³/mol. The molecule has 9 nitrogen and oxygen atoms in total. The maximum Gasteiger partial charge on any atom is 0.278 e. The first kappa shape index (κ1) is 22.8. The molecule has 1 aromatic carbocycles. The number of sulfonamides is 1. The van der Waals surface area contributed by atoms with Gasteiger partial charge in [-0.1, -0.05) is 0 Å². The summed E-state index contributed by atoms with van der Waals surface area (Å²) < 4.78 is 38.6. The number of hydrogen-bond acceptors (Lipinski definition) is 7. The highest BCUT2D eigenvalue weighted by Crippen LogP contribution is 2.38. The largest absolute Gasteiger partial charge is 0.486 e. The molecule has 0 aliphatic carbocycles. The summed E-state index contributed by atoms with van der Waals surface area (Å²) >= 11 is 0. The Kier molecular flexibility index (Phi) is 5.64. The number of benzene rings is 1. The molecule has 0 spiro atoms. The maximum atomic E-state index is 12.9. The van der Waals surface area contributed by atoms with Crippen LogP contribution >= 0.6 is 0 Å². The number of aryl methyl sites for hydroxylation is 3. The highest BCUT2D eigenvalue weighted by Gasteiger charge is 2.34. The number of rotatable bonds is 5. The summed E-state index contributed by atoms with van der Waals surface area (Å²) in [5.74, 6) is -0.0719. The van der Waals surface area contributed by atoms with Crippen LogP contribution in [0.1, 0.15) is 47.6 Å². The van der Waals surface area contributed by atoms with E-state index in [2.05, 4.69) is 5.10 Å². The average molecular weight is 450 g/mol. The van der Waals surface area contributed by atoms with Crippen molar-refractivity contribution in [1.29, 1.82) is 0 Å². The molecule has 3 rings (SSSR count).